The van der Waals surface area contributed by atoms with Gasteiger partial charge in [0.25, 0.3) is 0 Å². The van der Waals surface area contributed by atoms with E-state index in [1.807, 2.05) is 31.2 Å². The van der Waals surface area contributed by atoms with Gasteiger partial charge in [-0.2, -0.15) is 5.10 Å². The summed E-state index contributed by atoms with van der Waals surface area (Å²) in [6.07, 6.45) is 1.17. The molecule has 38 heavy (non-hydrogen) atoms. The van der Waals surface area contributed by atoms with Crippen molar-refractivity contribution in [3.63, 3.8) is 0 Å². The van der Waals surface area contributed by atoms with Crippen LogP contribution in [0.3, 0.4) is 0 Å². The van der Waals surface area contributed by atoms with Crippen LogP contribution >= 0.6 is 0 Å². The number of carboxylic acids is 1. The van der Waals surface area contributed by atoms with Crippen LogP contribution in [0.1, 0.15) is 17.5 Å². The van der Waals surface area contributed by atoms with Crippen molar-refractivity contribution in [3.05, 3.63) is 53.6 Å². The first-order valence-corrected chi connectivity index (χ1v) is 12.1. The third kappa shape index (κ3) is 8.30. The van der Waals surface area contributed by atoms with E-state index in [-0.39, 0.29) is 25.3 Å². The Kier molecular flexibility index (Phi) is 10.2. The number of urea groups is 1. The van der Waals surface area contributed by atoms with Crippen LogP contribution in [0.15, 0.2) is 47.6 Å². The fraction of sp³-hybridized carbons (Fsp3) is 0.346. The maximum absolute atomic E-state index is 12.5. The van der Waals surface area contributed by atoms with E-state index in [0.29, 0.717) is 43.0 Å². The molecule has 202 valence electrons. The van der Waals surface area contributed by atoms with E-state index in [2.05, 4.69) is 26.4 Å². The number of methoxy groups -OCH3 is 1. The minimum absolute atomic E-state index is 0.0402. The van der Waals surface area contributed by atoms with Gasteiger partial charge >= 0.3 is 12.0 Å². The van der Waals surface area contributed by atoms with Crippen molar-refractivity contribution in [2.45, 2.75) is 25.8 Å². The number of ketones is 1. The number of carbonyl (C=O) groups excluding carboxylic acids is 3. The number of carbonyl (C=O) groups is 4. The number of nitrogens with one attached hydrogen (secondary N) is 4. The van der Waals surface area contributed by atoms with Crippen molar-refractivity contribution in [1.82, 2.24) is 15.6 Å². The summed E-state index contributed by atoms with van der Waals surface area (Å²) in [4.78, 5) is 46.7. The van der Waals surface area contributed by atoms with Gasteiger partial charge in [0.1, 0.15) is 11.8 Å². The highest BCUT2D eigenvalue weighted by molar-refractivity contribution is 6.01. The topological polar surface area (TPSA) is 161 Å². The Morgan fingerprint density at radius 2 is 1.92 bits per heavy atom. The predicted molar refractivity (Wildman–Crippen MR) is 143 cm³/mol. The molecule has 1 aliphatic rings. The van der Waals surface area contributed by atoms with Crippen LogP contribution in [0.2, 0.25) is 0 Å². The summed E-state index contributed by atoms with van der Waals surface area (Å²) in [6.45, 7) is 3.03. The average Bonchev–Trinajstić information content (AvgIpc) is 3.33. The minimum Gasteiger partial charge on any atom is -0.495 e. The number of aliphatic carboxylic acids is 1. The highest BCUT2D eigenvalue weighted by atomic mass is 16.5. The Morgan fingerprint density at radius 3 is 2.63 bits per heavy atom. The first-order chi connectivity index (χ1) is 18.3. The lowest BCUT2D eigenvalue weighted by molar-refractivity contribution is -0.141. The second-order valence-corrected chi connectivity index (χ2v) is 8.75. The monoisotopic (exact) mass is 524 g/mol. The van der Waals surface area contributed by atoms with E-state index >= 15 is 0 Å². The van der Waals surface area contributed by atoms with Crippen LogP contribution in [0.4, 0.5) is 16.2 Å². The number of aryl methyl sites for hydroxylation is 1. The second-order valence-electron chi connectivity index (χ2n) is 8.75. The molecule has 0 spiro atoms. The first-order valence-electron chi connectivity index (χ1n) is 12.1. The standard InChI is InChI=1S/C26H32N6O6/c1-17-5-3-4-6-21(17)29-26(37)30-22-8-7-18(12-24(22)38-2)11-20(34)14-27-13-19-9-10-32(31-19)15-23(25(35)36)28-16-33/h3-8,12,16,23,27H,9-11,13-15H2,1-2H3,(H,28,33)(H,35,36)(H2,29,30,37). The van der Waals surface area contributed by atoms with E-state index in [4.69, 9.17) is 9.84 Å². The molecule has 0 saturated carbocycles. The SMILES string of the molecule is COc1cc(CC(=O)CNCC2=NN(CC(NC=O)C(=O)O)CC2)ccc1NC(=O)Nc1ccccc1C. The predicted octanol–water partition coefficient (Wildman–Crippen LogP) is 1.61. The molecule has 0 aromatic heterocycles. The smallest absolute Gasteiger partial charge is 0.328 e. The van der Waals surface area contributed by atoms with Gasteiger partial charge in [-0.25, -0.2) is 9.59 Å². The lowest BCUT2D eigenvalue weighted by Gasteiger charge is -2.18. The van der Waals surface area contributed by atoms with Gasteiger partial charge in [-0.1, -0.05) is 24.3 Å². The second kappa shape index (κ2) is 13.7. The highest BCUT2D eigenvalue weighted by Crippen LogP contribution is 2.26. The number of nitrogens with zero attached hydrogens (tertiary/aromatic N) is 2. The summed E-state index contributed by atoms with van der Waals surface area (Å²) in [5.74, 6) is -0.732. The molecule has 2 aromatic rings. The molecular weight excluding hydrogens is 492 g/mol. The van der Waals surface area contributed by atoms with Crippen LogP contribution in [0.25, 0.3) is 0 Å². The molecule has 1 heterocycles. The Hall–Kier alpha value is -4.45. The van der Waals surface area contributed by atoms with Gasteiger partial charge < -0.3 is 31.1 Å². The van der Waals surface area contributed by atoms with Gasteiger partial charge in [-0.3, -0.25) is 14.6 Å². The van der Waals surface area contributed by atoms with E-state index in [9.17, 15) is 19.2 Å². The van der Waals surface area contributed by atoms with Crippen LogP contribution in [-0.2, 0) is 20.8 Å². The Morgan fingerprint density at radius 1 is 1.16 bits per heavy atom. The molecule has 12 nitrogen and oxygen atoms in total. The average molecular weight is 525 g/mol. The summed E-state index contributed by atoms with van der Waals surface area (Å²) < 4.78 is 5.41. The normalized spacial score (nSPS) is 13.3. The molecule has 1 aliphatic heterocycles. The van der Waals surface area contributed by atoms with E-state index in [0.717, 1.165) is 16.8 Å². The fourth-order valence-corrected chi connectivity index (χ4v) is 3.88. The molecule has 0 fully saturated rings. The van der Waals surface area contributed by atoms with Crippen molar-refractivity contribution in [3.8, 4) is 5.75 Å². The van der Waals surface area contributed by atoms with Gasteiger partial charge in [0, 0.05) is 31.6 Å². The molecule has 5 N–H and O–H groups in total. The van der Waals surface area contributed by atoms with Crippen LogP contribution in [0, 0.1) is 6.92 Å². The number of amides is 3. The van der Waals surface area contributed by atoms with Crippen LogP contribution in [0.5, 0.6) is 5.75 Å². The molecule has 2 aromatic carbocycles. The van der Waals surface area contributed by atoms with Crippen LogP contribution in [-0.4, -0.2) is 79.4 Å². The quantitative estimate of drug-likeness (QED) is 0.233. The van der Waals surface area contributed by atoms with Crippen molar-refractivity contribution < 1.29 is 29.0 Å². The third-order valence-corrected chi connectivity index (χ3v) is 5.86. The summed E-state index contributed by atoms with van der Waals surface area (Å²) in [6, 6.07) is 11.2. The molecule has 12 heteroatoms. The number of hydrazone groups is 1. The maximum Gasteiger partial charge on any atom is 0.328 e. The number of ether oxygens (including phenoxy) is 1. The maximum atomic E-state index is 12.5. The third-order valence-electron chi connectivity index (χ3n) is 5.86. The summed E-state index contributed by atoms with van der Waals surface area (Å²) >= 11 is 0. The lowest BCUT2D eigenvalue weighted by Crippen LogP contribution is -2.43. The van der Waals surface area contributed by atoms with E-state index < -0.39 is 18.0 Å². The number of benzene rings is 2. The molecule has 0 aliphatic carbocycles. The molecule has 1 unspecified atom stereocenters. The summed E-state index contributed by atoms with van der Waals surface area (Å²) in [5.41, 5.74) is 3.66. The molecule has 3 rings (SSSR count). The van der Waals surface area contributed by atoms with Gasteiger partial charge in [0.2, 0.25) is 6.41 Å². The molecule has 1 atom stereocenters. The van der Waals surface area contributed by atoms with E-state index in [1.165, 1.54) is 7.11 Å². The molecule has 0 bridgehead atoms. The molecular formula is C26H32N6O6. The van der Waals surface area contributed by atoms with Crippen molar-refractivity contribution in [2.24, 2.45) is 5.10 Å². The Labute approximate surface area is 220 Å². The van der Waals surface area contributed by atoms with Gasteiger partial charge in [-0.15, -0.1) is 0 Å². The number of Topliss-reactive ketones (excluding diaryl/α,β-unsaturated/α-hetero) is 1. The van der Waals surface area contributed by atoms with Crippen LogP contribution < -0.4 is 26.0 Å². The number of hydrogen-bond acceptors (Lipinski definition) is 8. The number of rotatable bonds is 14. The molecule has 3 amide bonds. The molecule has 0 radical (unpaired) electrons. The summed E-state index contributed by atoms with van der Waals surface area (Å²) in [7, 11) is 1.49. The number of carboxylic acid groups (broad SMARTS) is 1. The number of anilines is 2. The number of para-hydroxylation sites is 1. The highest BCUT2D eigenvalue weighted by Gasteiger charge is 2.23. The van der Waals surface area contributed by atoms with Crippen molar-refractivity contribution >= 4 is 41.3 Å². The van der Waals surface area contributed by atoms with Crippen molar-refractivity contribution in [1.29, 1.82) is 0 Å². The number of hydrogen-bond donors (Lipinski definition) is 5. The lowest BCUT2D eigenvalue weighted by atomic mass is 10.1. The van der Waals surface area contributed by atoms with Gasteiger partial charge in [0.05, 0.1) is 31.6 Å². The zero-order chi connectivity index (χ0) is 27.5. The van der Waals surface area contributed by atoms with Gasteiger partial charge in [0.15, 0.2) is 5.78 Å². The van der Waals surface area contributed by atoms with Gasteiger partial charge in [-0.05, 0) is 36.2 Å². The van der Waals surface area contributed by atoms with E-state index in [1.54, 1.807) is 23.2 Å². The largest absolute Gasteiger partial charge is 0.495 e. The minimum atomic E-state index is -1.13. The molecule has 0 saturated heterocycles. The first kappa shape index (κ1) is 28.1. The zero-order valence-electron chi connectivity index (χ0n) is 21.3. The fourth-order valence-electron chi connectivity index (χ4n) is 3.88. The summed E-state index contributed by atoms with van der Waals surface area (Å²) in [5, 5.41) is 26.0. The zero-order valence-corrected chi connectivity index (χ0v) is 21.3. The Bertz CT molecular complexity index is 1200. The van der Waals surface area contributed by atoms with Crippen molar-refractivity contribution in [2.75, 3.05) is 43.9 Å². The Balaban J connectivity index is 1.46.